The van der Waals surface area contributed by atoms with E-state index in [9.17, 15) is 4.79 Å². The number of carbonyl (C=O) groups is 1. The van der Waals surface area contributed by atoms with Crippen molar-refractivity contribution in [3.63, 3.8) is 0 Å². The Morgan fingerprint density at radius 2 is 1.49 bits per heavy atom. The van der Waals surface area contributed by atoms with Crippen LogP contribution in [-0.2, 0) is 18.7 Å². The van der Waals surface area contributed by atoms with Gasteiger partial charge in [0.15, 0.2) is 0 Å². The summed E-state index contributed by atoms with van der Waals surface area (Å²) in [5.74, 6) is 0.451. The van der Waals surface area contributed by atoms with Gasteiger partial charge in [-0.05, 0) is 56.5 Å². The first-order chi connectivity index (χ1) is 16.3. The van der Waals surface area contributed by atoms with Gasteiger partial charge in [0.2, 0.25) is 0 Å². The highest BCUT2D eigenvalue weighted by molar-refractivity contribution is 6.99. The first-order valence-corrected chi connectivity index (χ1v) is 14.6. The summed E-state index contributed by atoms with van der Waals surface area (Å²) < 4.78 is 19.0. The van der Waals surface area contributed by atoms with E-state index < -0.39 is 13.9 Å². The van der Waals surface area contributed by atoms with Crippen LogP contribution in [0.15, 0.2) is 72.0 Å². The van der Waals surface area contributed by atoms with Crippen molar-refractivity contribution in [2.24, 2.45) is 0 Å². The molecule has 1 aliphatic heterocycles. The van der Waals surface area contributed by atoms with Gasteiger partial charge in [0.25, 0.3) is 8.32 Å². The van der Waals surface area contributed by atoms with Crippen LogP contribution in [0.1, 0.15) is 74.7 Å². The minimum absolute atomic E-state index is 0.00696. The summed E-state index contributed by atoms with van der Waals surface area (Å²) >= 11 is 0. The number of esters is 1. The van der Waals surface area contributed by atoms with Crippen molar-refractivity contribution in [2.45, 2.75) is 97.5 Å². The molecule has 0 saturated carbocycles. The summed E-state index contributed by atoms with van der Waals surface area (Å²) in [4.78, 5) is 12.5. The van der Waals surface area contributed by atoms with Crippen molar-refractivity contribution < 1.29 is 18.7 Å². The normalized spacial score (nSPS) is 19.1. The standard InChI is InChI=1S/C30H42O4Si/c1-22(21-24-19-20-27(32-24)23(2)28(31)33-29(3,4)5)34-35(30(6,7)8,25-15-11-9-12-16-25)26-17-13-10-14-18-26/h9-18,22,24H,19-21H2,1-8H3/b27-23+/t22-,24-/m0/s1. The maximum atomic E-state index is 12.5. The average molecular weight is 495 g/mol. The number of allylic oxidation sites excluding steroid dienone is 1. The van der Waals surface area contributed by atoms with Crippen molar-refractivity contribution >= 4 is 24.7 Å². The minimum atomic E-state index is -2.61. The number of benzene rings is 2. The smallest absolute Gasteiger partial charge is 0.337 e. The molecule has 2 atom stereocenters. The Labute approximate surface area is 212 Å². The number of ether oxygens (including phenoxy) is 2. The van der Waals surface area contributed by atoms with Gasteiger partial charge in [-0.3, -0.25) is 0 Å². The van der Waals surface area contributed by atoms with E-state index in [4.69, 9.17) is 13.9 Å². The van der Waals surface area contributed by atoms with Gasteiger partial charge in [-0.25, -0.2) is 4.79 Å². The molecular formula is C30H42O4Si. The van der Waals surface area contributed by atoms with Crippen LogP contribution in [0.25, 0.3) is 0 Å². The SMILES string of the molecule is C/C(C(=O)OC(C)(C)C)=C1/CC[C@@H](C[C@H](C)O[Si](c2ccccc2)(c2ccccc2)C(C)(C)C)O1. The maximum absolute atomic E-state index is 12.5. The molecule has 2 aromatic rings. The highest BCUT2D eigenvalue weighted by Gasteiger charge is 2.51. The Bertz CT molecular complexity index is 976. The fraction of sp³-hybridized carbons (Fsp3) is 0.500. The molecular weight excluding hydrogens is 452 g/mol. The molecule has 5 heteroatoms. The molecule has 190 valence electrons. The van der Waals surface area contributed by atoms with Crippen LogP contribution < -0.4 is 10.4 Å². The largest absolute Gasteiger partial charge is 0.494 e. The van der Waals surface area contributed by atoms with E-state index in [1.165, 1.54) is 10.4 Å². The number of hydrogen-bond acceptors (Lipinski definition) is 4. The molecule has 3 rings (SSSR count). The molecule has 1 fully saturated rings. The highest BCUT2D eigenvalue weighted by Crippen LogP contribution is 2.38. The van der Waals surface area contributed by atoms with Gasteiger partial charge in [0.1, 0.15) is 17.5 Å². The van der Waals surface area contributed by atoms with Crippen LogP contribution in [-0.4, -0.2) is 32.1 Å². The van der Waals surface area contributed by atoms with Crippen LogP contribution in [0.2, 0.25) is 5.04 Å². The van der Waals surface area contributed by atoms with E-state index in [-0.39, 0.29) is 23.2 Å². The monoisotopic (exact) mass is 494 g/mol. The van der Waals surface area contributed by atoms with E-state index in [1.807, 2.05) is 20.8 Å². The van der Waals surface area contributed by atoms with Crippen molar-refractivity contribution in [3.05, 3.63) is 72.0 Å². The third-order valence-electron chi connectivity index (χ3n) is 6.52. The van der Waals surface area contributed by atoms with E-state index in [0.717, 1.165) is 25.0 Å². The lowest BCUT2D eigenvalue weighted by Crippen LogP contribution is -2.67. The molecule has 4 nitrogen and oxygen atoms in total. The lowest BCUT2D eigenvalue weighted by molar-refractivity contribution is -0.150. The lowest BCUT2D eigenvalue weighted by Gasteiger charge is -2.45. The van der Waals surface area contributed by atoms with Gasteiger partial charge in [-0.2, -0.15) is 0 Å². The van der Waals surface area contributed by atoms with Crippen molar-refractivity contribution in [3.8, 4) is 0 Å². The van der Waals surface area contributed by atoms with Crippen LogP contribution in [0.3, 0.4) is 0 Å². The first kappa shape index (κ1) is 27.2. The van der Waals surface area contributed by atoms with Crippen molar-refractivity contribution in [1.29, 1.82) is 0 Å². The Morgan fingerprint density at radius 1 is 0.971 bits per heavy atom. The molecule has 1 heterocycles. The molecule has 0 aliphatic carbocycles. The molecule has 0 amide bonds. The maximum Gasteiger partial charge on any atom is 0.337 e. The number of carbonyl (C=O) groups excluding carboxylic acids is 1. The zero-order valence-corrected chi connectivity index (χ0v) is 23.7. The van der Waals surface area contributed by atoms with E-state index in [1.54, 1.807) is 6.92 Å². The van der Waals surface area contributed by atoms with Gasteiger partial charge in [0, 0.05) is 18.9 Å². The molecule has 0 spiro atoms. The summed E-state index contributed by atoms with van der Waals surface area (Å²) in [5.41, 5.74) is 0.0534. The van der Waals surface area contributed by atoms with E-state index in [0.29, 0.717) is 5.57 Å². The lowest BCUT2D eigenvalue weighted by atomic mass is 10.1. The summed E-state index contributed by atoms with van der Waals surface area (Å²) in [6.07, 6.45) is 2.42. The summed E-state index contributed by atoms with van der Waals surface area (Å²) in [6, 6.07) is 21.4. The molecule has 0 aromatic heterocycles. The summed E-state index contributed by atoms with van der Waals surface area (Å²) in [7, 11) is -2.61. The Hall–Kier alpha value is -2.37. The number of hydrogen-bond donors (Lipinski definition) is 0. The molecule has 2 aromatic carbocycles. The van der Waals surface area contributed by atoms with Crippen LogP contribution in [0.4, 0.5) is 0 Å². The summed E-state index contributed by atoms with van der Waals surface area (Å²) in [5, 5.41) is 2.48. The van der Waals surface area contributed by atoms with E-state index >= 15 is 0 Å². The van der Waals surface area contributed by atoms with Gasteiger partial charge in [-0.1, -0.05) is 81.4 Å². The fourth-order valence-corrected chi connectivity index (χ4v) is 9.65. The van der Waals surface area contributed by atoms with Gasteiger partial charge >= 0.3 is 5.97 Å². The van der Waals surface area contributed by atoms with E-state index in [2.05, 4.69) is 88.4 Å². The third-order valence-corrected chi connectivity index (χ3v) is 11.7. The fourth-order valence-electron chi connectivity index (χ4n) is 4.93. The molecule has 0 radical (unpaired) electrons. The Kier molecular flexibility index (Phi) is 8.33. The quantitative estimate of drug-likeness (QED) is 0.264. The Balaban J connectivity index is 1.83. The van der Waals surface area contributed by atoms with Crippen molar-refractivity contribution in [2.75, 3.05) is 0 Å². The Morgan fingerprint density at radius 3 is 1.94 bits per heavy atom. The van der Waals surface area contributed by atoms with Gasteiger partial charge in [-0.15, -0.1) is 0 Å². The molecule has 0 unspecified atom stereocenters. The average Bonchev–Trinajstić information content (AvgIpc) is 3.24. The van der Waals surface area contributed by atoms with Gasteiger partial charge in [0.05, 0.1) is 5.57 Å². The minimum Gasteiger partial charge on any atom is -0.494 e. The van der Waals surface area contributed by atoms with Crippen LogP contribution in [0.5, 0.6) is 0 Å². The molecule has 0 bridgehead atoms. The van der Waals surface area contributed by atoms with Gasteiger partial charge < -0.3 is 13.9 Å². The predicted molar refractivity (Wildman–Crippen MR) is 145 cm³/mol. The van der Waals surface area contributed by atoms with Crippen molar-refractivity contribution in [1.82, 2.24) is 0 Å². The molecule has 1 saturated heterocycles. The first-order valence-electron chi connectivity index (χ1n) is 12.7. The topological polar surface area (TPSA) is 44.8 Å². The second kappa shape index (κ2) is 10.7. The second-order valence-corrected chi connectivity index (χ2v) is 15.9. The number of rotatable bonds is 7. The van der Waals surface area contributed by atoms with Crippen LogP contribution >= 0.6 is 0 Å². The predicted octanol–water partition coefficient (Wildman–Crippen LogP) is 6.14. The summed E-state index contributed by atoms with van der Waals surface area (Å²) in [6.45, 7) is 16.5. The zero-order chi connectivity index (χ0) is 25.9. The zero-order valence-electron chi connectivity index (χ0n) is 22.7. The second-order valence-electron chi connectivity index (χ2n) is 11.7. The molecule has 1 aliphatic rings. The highest BCUT2D eigenvalue weighted by atomic mass is 28.4. The molecule has 0 N–H and O–H groups in total. The van der Waals surface area contributed by atoms with Crippen LogP contribution in [0, 0.1) is 0 Å². The molecule has 35 heavy (non-hydrogen) atoms. The third kappa shape index (κ3) is 6.45.